The minimum Gasteiger partial charge on any atom is -0.305 e. The van der Waals surface area contributed by atoms with Gasteiger partial charge in [0.1, 0.15) is 0 Å². The Hall–Kier alpha value is -0.360. The van der Waals surface area contributed by atoms with Crippen molar-refractivity contribution in [3.8, 4) is 0 Å². The summed E-state index contributed by atoms with van der Waals surface area (Å²) in [5, 5.41) is 8.72. The number of halogens is 3. The van der Waals surface area contributed by atoms with Gasteiger partial charge in [0.15, 0.2) is 0 Å². The number of rotatable bonds is 5. The Bertz CT molecular complexity index is 625. The summed E-state index contributed by atoms with van der Waals surface area (Å²) in [4.78, 5) is 0. The van der Waals surface area contributed by atoms with E-state index in [9.17, 15) is 0 Å². The van der Waals surface area contributed by atoms with Gasteiger partial charge in [-0.05, 0) is 69.9 Å². The van der Waals surface area contributed by atoms with Crippen LogP contribution in [0.5, 0.6) is 0 Å². The minimum atomic E-state index is 0.0582. The van der Waals surface area contributed by atoms with Gasteiger partial charge in [-0.25, -0.2) is 0 Å². The second kappa shape index (κ2) is 7.27. The molecule has 0 bridgehead atoms. The maximum atomic E-state index is 6.11. The molecule has 6 heteroatoms. The molecule has 0 spiro atoms. The lowest BCUT2D eigenvalue weighted by Crippen LogP contribution is -2.26. The Labute approximate surface area is 147 Å². The maximum Gasteiger partial charge on any atom is 0.0760 e. The lowest BCUT2D eigenvalue weighted by molar-refractivity contribution is 0.475. The van der Waals surface area contributed by atoms with Crippen LogP contribution in [0.2, 0.25) is 5.02 Å². The fraction of sp³-hybridized carbons (Fsp3) is 0.400. The van der Waals surface area contributed by atoms with Crippen LogP contribution in [-0.2, 0) is 0 Å². The number of aromatic nitrogens is 2. The van der Waals surface area contributed by atoms with Gasteiger partial charge in [-0.15, -0.1) is 0 Å². The van der Waals surface area contributed by atoms with E-state index in [1.807, 2.05) is 23.0 Å². The Morgan fingerprint density at radius 3 is 2.57 bits per heavy atom. The third-order valence-electron chi connectivity index (χ3n) is 3.23. The monoisotopic (exact) mass is 433 g/mol. The van der Waals surface area contributed by atoms with E-state index in [1.165, 1.54) is 0 Å². The lowest BCUT2D eigenvalue weighted by Gasteiger charge is -2.22. The highest BCUT2D eigenvalue weighted by atomic mass is 79.9. The summed E-state index contributed by atoms with van der Waals surface area (Å²) < 4.78 is 3.95. The highest BCUT2D eigenvalue weighted by molar-refractivity contribution is 9.10. The van der Waals surface area contributed by atoms with Crippen molar-refractivity contribution in [3.05, 3.63) is 49.6 Å². The largest absolute Gasteiger partial charge is 0.305 e. The van der Waals surface area contributed by atoms with Gasteiger partial charge in [0.2, 0.25) is 0 Å². The molecule has 1 N–H and O–H groups in total. The van der Waals surface area contributed by atoms with Crippen LogP contribution >= 0.6 is 43.5 Å². The number of hydrogen-bond donors (Lipinski definition) is 1. The SMILES string of the molecule is CCNC(c1ccc(Cl)c(Br)c1)c1c(Br)cnn1C(C)C. The van der Waals surface area contributed by atoms with E-state index in [4.69, 9.17) is 11.6 Å². The van der Waals surface area contributed by atoms with E-state index in [1.54, 1.807) is 0 Å². The summed E-state index contributed by atoms with van der Waals surface area (Å²) in [5.74, 6) is 0. The molecule has 0 saturated heterocycles. The smallest absolute Gasteiger partial charge is 0.0760 e. The predicted octanol–water partition coefficient (Wildman–Crippen LogP) is 5.34. The molecule has 2 rings (SSSR count). The molecule has 1 unspecified atom stereocenters. The predicted molar refractivity (Wildman–Crippen MR) is 95.0 cm³/mol. The van der Waals surface area contributed by atoms with Crippen LogP contribution in [0.15, 0.2) is 33.3 Å². The zero-order chi connectivity index (χ0) is 15.6. The van der Waals surface area contributed by atoms with Gasteiger partial charge in [0, 0.05) is 10.5 Å². The second-order valence-electron chi connectivity index (χ2n) is 5.08. The third-order valence-corrected chi connectivity index (χ3v) is 5.06. The van der Waals surface area contributed by atoms with E-state index in [2.05, 4.69) is 69.1 Å². The van der Waals surface area contributed by atoms with E-state index in [0.717, 1.165) is 26.7 Å². The van der Waals surface area contributed by atoms with Crippen molar-refractivity contribution < 1.29 is 0 Å². The summed E-state index contributed by atoms with van der Waals surface area (Å²) in [5.41, 5.74) is 2.28. The normalized spacial score (nSPS) is 12.9. The molecule has 0 saturated carbocycles. The summed E-state index contributed by atoms with van der Waals surface area (Å²) in [6.45, 7) is 7.22. The molecule has 0 aliphatic heterocycles. The molecule has 0 amide bonds. The van der Waals surface area contributed by atoms with Crippen LogP contribution in [0.1, 0.15) is 44.1 Å². The fourth-order valence-corrected chi connectivity index (χ4v) is 3.32. The standard InChI is InChI=1S/C15H18Br2ClN3/c1-4-19-14(10-5-6-13(18)11(16)7-10)15-12(17)8-20-21(15)9(2)3/h5-9,14,19H,4H2,1-3H3. The van der Waals surface area contributed by atoms with Crippen LogP contribution in [-0.4, -0.2) is 16.3 Å². The number of nitrogens with one attached hydrogen (secondary N) is 1. The van der Waals surface area contributed by atoms with Crippen molar-refractivity contribution in [2.24, 2.45) is 0 Å². The van der Waals surface area contributed by atoms with Crippen molar-refractivity contribution in [1.29, 1.82) is 0 Å². The lowest BCUT2D eigenvalue weighted by atomic mass is 10.0. The molecule has 114 valence electrons. The Morgan fingerprint density at radius 1 is 1.29 bits per heavy atom. The van der Waals surface area contributed by atoms with Gasteiger partial charge in [-0.1, -0.05) is 24.6 Å². The van der Waals surface area contributed by atoms with E-state index >= 15 is 0 Å². The van der Waals surface area contributed by atoms with Crippen molar-refractivity contribution >= 4 is 43.5 Å². The minimum absolute atomic E-state index is 0.0582. The summed E-state index contributed by atoms with van der Waals surface area (Å²) in [7, 11) is 0. The fourth-order valence-electron chi connectivity index (χ4n) is 2.30. The van der Waals surface area contributed by atoms with Crippen LogP contribution < -0.4 is 5.32 Å². The maximum absolute atomic E-state index is 6.11. The molecule has 0 radical (unpaired) electrons. The van der Waals surface area contributed by atoms with E-state index in [-0.39, 0.29) is 6.04 Å². The highest BCUT2D eigenvalue weighted by Crippen LogP contribution is 2.33. The zero-order valence-corrected chi connectivity index (χ0v) is 16.1. The summed E-state index contributed by atoms with van der Waals surface area (Å²) >= 11 is 13.2. The molecule has 0 aliphatic carbocycles. The van der Waals surface area contributed by atoms with Crippen molar-refractivity contribution in [2.75, 3.05) is 6.54 Å². The Balaban J connectivity index is 2.53. The molecule has 1 heterocycles. The summed E-state index contributed by atoms with van der Waals surface area (Å²) in [6, 6.07) is 6.37. The molecule has 0 aliphatic rings. The van der Waals surface area contributed by atoms with E-state index in [0.29, 0.717) is 11.1 Å². The van der Waals surface area contributed by atoms with Gasteiger partial charge in [-0.3, -0.25) is 4.68 Å². The molecule has 1 aromatic heterocycles. The zero-order valence-electron chi connectivity index (χ0n) is 12.2. The Kier molecular flexibility index (Phi) is 5.88. The first kappa shape index (κ1) is 17.0. The van der Waals surface area contributed by atoms with Crippen LogP contribution in [0, 0.1) is 0 Å². The van der Waals surface area contributed by atoms with Crippen LogP contribution in [0.25, 0.3) is 0 Å². The molecule has 2 aromatic rings. The van der Waals surface area contributed by atoms with Crippen LogP contribution in [0.3, 0.4) is 0 Å². The topological polar surface area (TPSA) is 29.9 Å². The quantitative estimate of drug-likeness (QED) is 0.687. The van der Waals surface area contributed by atoms with Gasteiger partial charge < -0.3 is 5.32 Å². The molecule has 21 heavy (non-hydrogen) atoms. The van der Waals surface area contributed by atoms with Crippen molar-refractivity contribution in [2.45, 2.75) is 32.9 Å². The van der Waals surface area contributed by atoms with Crippen molar-refractivity contribution in [3.63, 3.8) is 0 Å². The molecular weight excluding hydrogens is 417 g/mol. The first-order chi connectivity index (χ1) is 9.95. The first-order valence-corrected chi connectivity index (χ1v) is 8.83. The molecule has 1 aromatic carbocycles. The van der Waals surface area contributed by atoms with Crippen molar-refractivity contribution in [1.82, 2.24) is 15.1 Å². The summed E-state index contributed by atoms with van der Waals surface area (Å²) in [6.07, 6.45) is 1.85. The average molecular weight is 436 g/mol. The molecule has 1 atom stereocenters. The van der Waals surface area contributed by atoms with Gasteiger partial charge >= 0.3 is 0 Å². The number of hydrogen-bond acceptors (Lipinski definition) is 2. The van der Waals surface area contributed by atoms with Gasteiger partial charge in [0.25, 0.3) is 0 Å². The molecular formula is C15H18Br2ClN3. The third kappa shape index (κ3) is 3.70. The Morgan fingerprint density at radius 2 is 2.00 bits per heavy atom. The molecule has 0 fully saturated rings. The van der Waals surface area contributed by atoms with Crippen LogP contribution in [0.4, 0.5) is 0 Å². The first-order valence-electron chi connectivity index (χ1n) is 6.87. The second-order valence-corrected chi connectivity index (χ2v) is 7.20. The number of benzene rings is 1. The number of nitrogens with zero attached hydrogens (tertiary/aromatic N) is 2. The average Bonchev–Trinajstić information content (AvgIpc) is 2.81. The van der Waals surface area contributed by atoms with E-state index < -0.39 is 0 Å². The van der Waals surface area contributed by atoms with Gasteiger partial charge in [0.05, 0.1) is 27.4 Å². The molecule has 3 nitrogen and oxygen atoms in total. The van der Waals surface area contributed by atoms with Gasteiger partial charge in [-0.2, -0.15) is 5.10 Å². The highest BCUT2D eigenvalue weighted by Gasteiger charge is 2.23.